The Bertz CT molecular complexity index is 224. The molecule has 0 amide bonds. The quantitative estimate of drug-likeness (QED) is 0.780. The van der Waals surface area contributed by atoms with Crippen LogP contribution in [0.25, 0.3) is 0 Å². The van der Waals surface area contributed by atoms with Crippen molar-refractivity contribution in [1.29, 1.82) is 0 Å². The van der Waals surface area contributed by atoms with Crippen LogP contribution in [0.1, 0.15) is 44.9 Å². The third kappa shape index (κ3) is 3.94. The van der Waals surface area contributed by atoms with Gasteiger partial charge in [-0.3, -0.25) is 4.90 Å². The summed E-state index contributed by atoms with van der Waals surface area (Å²) in [6, 6.07) is 0.648. The molecule has 1 atom stereocenters. The Kier molecular flexibility index (Phi) is 5.93. The van der Waals surface area contributed by atoms with Crippen molar-refractivity contribution in [2.24, 2.45) is 11.7 Å². The minimum absolute atomic E-state index is 0.648. The highest BCUT2D eigenvalue weighted by Gasteiger charge is 2.27. The molecule has 0 radical (unpaired) electrons. The van der Waals surface area contributed by atoms with E-state index >= 15 is 0 Å². The van der Waals surface area contributed by atoms with E-state index in [-0.39, 0.29) is 0 Å². The van der Waals surface area contributed by atoms with Crippen LogP contribution in [0.5, 0.6) is 0 Å². The molecule has 0 aromatic rings. The van der Waals surface area contributed by atoms with Crippen molar-refractivity contribution in [3.8, 4) is 0 Å². The smallest absolute Gasteiger partial charge is 0.0247 e. The van der Waals surface area contributed by atoms with Crippen molar-refractivity contribution in [3.05, 3.63) is 0 Å². The Morgan fingerprint density at radius 2 is 1.67 bits per heavy atom. The SMILES string of the molecule is CN1CCCN(C(CN)C2CCCCCC2)CC1. The van der Waals surface area contributed by atoms with Gasteiger partial charge < -0.3 is 10.6 Å². The fourth-order valence-corrected chi connectivity index (χ4v) is 3.73. The van der Waals surface area contributed by atoms with E-state index in [2.05, 4.69) is 16.8 Å². The van der Waals surface area contributed by atoms with Crippen molar-refractivity contribution in [3.63, 3.8) is 0 Å². The van der Waals surface area contributed by atoms with Crippen LogP contribution in [-0.2, 0) is 0 Å². The highest BCUT2D eigenvalue weighted by atomic mass is 15.2. The van der Waals surface area contributed by atoms with Gasteiger partial charge >= 0.3 is 0 Å². The van der Waals surface area contributed by atoms with E-state index in [1.807, 2.05) is 0 Å². The summed E-state index contributed by atoms with van der Waals surface area (Å²) >= 11 is 0. The monoisotopic (exact) mass is 253 g/mol. The first-order chi connectivity index (χ1) is 8.81. The third-order valence-corrected chi connectivity index (χ3v) is 4.91. The van der Waals surface area contributed by atoms with Gasteiger partial charge in [0.1, 0.15) is 0 Å². The molecule has 0 spiro atoms. The topological polar surface area (TPSA) is 32.5 Å². The van der Waals surface area contributed by atoms with Crippen molar-refractivity contribution < 1.29 is 0 Å². The van der Waals surface area contributed by atoms with Crippen molar-refractivity contribution in [2.75, 3.05) is 39.8 Å². The maximum atomic E-state index is 6.12. The average Bonchev–Trinajstić information content (AvgIpc) is 2.74. The maximum absolute atomic E-state index is 6.12. The van der Waals surface area contributed by atoms with Gasteiger partial charge in [-0.25, -0.2) is 0 Å². The number of nitrogens with zero attached hydrogens (tertiary/aromatic N) is 2. The minimum Gasteiger partial charge on any atom is -0.329 e. The van der Waals surface area contributed by atoms with Gasteiger partial charge in [-0.2, -0.15) is 0 Å². The lowest BCUT2D eigenvalue weighted by atomic mass is 9.90. The Morgan fingerprint density at radius 3 is 2.33 bits per heavy atom. The van der Waals surface area contributed by atoms with E-state index in [0.717, 1.165) is 12.5 Å². The van der Waals surface area contributed by atoms with E-state index in [9.17, 15) is 0 Å². The van der Waals surface area contributed by atoms with Crippen molar-refractivity contribution >= 4 is 0 Å². The van der Waals surface area contributed by atoms with Crippen LogP contribution in [0.3, 0.4) is 0 Å². The van der Waals surface area contributed by atoms with E-state index in [4.69, 9.17) is 5.73 Å². The molecule has 1 saturated heterocycles. The molecular weight excluding hydrogens is 222 g/mol. The van der Waals surface area contributed by atoms with Gasteiger partial charge in [-0.1, -0.05) is 25.7 Å². The van der Waals surface area contributed by atoms with E-state index in [1.54, 1.807) is 0 Å². The van der Waals surface area contributed by atoms with Crippen LogP contribution < -0.4 is 5.73 Å². The van der Waals surface area contributed by atoms with Crippen LogP contribution >= 0.6 is 0 Å². The summed E-state index contributed by atoms with van der Waals surface area (Å²) in [6.07, 6.45) is 9.86. The molecule has 2 rings (SSSR count). The molecule has 1 aliphatic carbocycles. The Hall–Kier alpha value is -0.120. The molecule has 0 aromatic carbocycles. The number of nitrogens with two attached hydrogens (primary N) is 1. The minimum atomic E-state index is 0.648. The number of rotatable bonds is 3. The van der Waals surface area contributed by atoms with Crippen LogP contribution in [0.4, 0.5) is 0 Å². The molecule has 2 N–H and O–H groups in total. The number of hydrogen-bond acceptors (Lipinski definition) is 3. The summed E-state index contributed by atoms with van der Waals surface area (Å²) in [7, 11) is 2.24. The van der Waals surface area contributed by atoms with Gasteiger partial charge in [-0.05, 0) is 45.3 Å². The first-order valence-electron chi connectivity index (χ1n) is 7.94. The van der Waals surface area contributed by atoms with Crippen LogP contribution in [0, 0.1) is 5.92 Å². The van der Waals surface area contributed by atoms with Crippen molar-refractivity contribution in [1.82, 2.24) is 9.80 Å². The maximum Gasteiger partial charge on any atom is 0.0247 e. The molecule has 2 fully saturated rings. The molecule has 106 valence electrons. The fourth-order valence-electron chi connectivity index (χ4n) is 3.73. The van der Waals surface area contributed by atoms with Crippen LogP contribution in [0.2, 0.25) is 0 Å². The first kappa shape index (κ1) is 14.3. The van der Waals surface area contributed by atoms with E-state index in [0.29, 0.717) is 6.04 Å². The van der Waals surface area contributed by atoms with E-state index < -0.39 is 0 Å². The summed E-state index contributed by atoms with van der Waals surface area (Å²) in [6.45, 7) is 5.79. The van der Waals surface area contributed by atoms with Crippen LogP contribution in [0.15, 0.2) is 0 Å². The zero-order chi connectivity index (χ0) is 12.8. The number of likely N-dealkylation sites (N-methyl/N-ethyl adjacent to an activating group) is 1. The second-order valence-electron chi connectivity index (χ2n) is 6.25. The summed E-state index contributed by atoms with van der Waals surface area (Å²) in [5, 5.41) is 0. The fraction of sp³-hybridized carbons (Fsp3) is 1.00. The standard InChI is InChI=1S/C15H31N3/c1-17-9-6-10-18(12-11-17)15(13-16)14-7-4-2-3-5-8-14/h14-15H,2-13,16H2,1H3. The predicted octanol–water partition coefficient (Wildman–Crippen LogP) is 1.92. The molecule has 3 nitrogen and oxygen atoms in total. The third-order valence-electron chi connectivity index (χ3n) is 4.91. The van der Waals surface area contributed by atoms with Crippen molar-refractivity contribution in [2.45, 2.75) is 51.0 Å². The molecule has 1 unspecified atom stereocenters. The molecule has 0 aromatic heterocycles. The van der Waals surface area contributed by atoms with Crippen LogP contribution in [-0.4, -0.2) is 55.6 Å². The molecule has 1 heterocycles. The molecule has 2 aliphatic rings. The highest BCUT2D eigenvalue weighted by Crippen LogP contribution is 2.28. The summed E-state index contributed by atoms with van der Waals surface area (Å²) in [5.74, 6) is 0.862. The Labute approximate surface area is 113 Å². The summed E-state index contributed by atoms with van der Waals surface area (Å²) < 4.78 is 0. The first-order valence-corrected chi connectivity index (χ1v) is 7.94. The lowest BCUT2D eigenvalue weighted by Crippen LogP contribution is -2.47. The zero-order valence-corrected chi connectivity index (χ0v) is 12.1. The van der Waals surface area contributed by atoms with Gasteiger partial charge in [0.15, 0.2) is 0 Å². The molecule has 3 heteroatoms. The van der Waals surface area contributed by atoms with Gasteiger partial charge in [0.25, 0.3) is 0 Å². The molecule has 1 saturated carbocycles. The summed E-state index contributed by atoms with van der Waals surface area (Å²) in [4.78, 5) is 5.15. The van der Waals surface area contributed by atoms with E-state index in [1.165, 1.54) is 71.1 Å². The highest BCUT2D eigenvalue weighted by molar-refractivity contribution is 4.83. The molecule has 18 heavy (non-hydrogen) atoms. The molecular formula is C15H31N3. The second-order valence-corrected chi connectivity index (χ2v) is 6.25. The Balaban J connectivity index is 1.93. The zero-order valence-electron chi connectivity index (χ0n) is 12.1. The van der Waals surface area contributed by atoms with Gasteiger partial charge in [0.2, 0.25) is 0 Å². The number of hydrogen-bond donors (Lipinski definition) is 1. The normalized spacial score (nSPS) is 27.7. The largest absolute Gasteiger partial charge is 0.329 e. The Morgan fingerprint density at radius 1 is 0.944 bits per heavy atom. The predicted molar refractivity (Wildman–Crippen MR) is 77.7 cm³/mol. The average molecular weight is 253 g/mol. The molecule has 0 bridgehead atoms. The van der Waals surface area contributed by atoms with Gasteiger partial charge in [0, 0.05) is 25.7 Å². The summed E-state index contributed by atoms with van der Waals surface area (Å²) in [5.41, 5.74) is 6.12. The molecule has 1 aliphatic heterocycles. The second kappa shape index (κ2) is 7.46. The lowest BCUT2D eigenvalue weighted by molar-refractivity contribution is 0.140. The van der Waals surface area contributed by atoms with Gasteiger partial charge in [0.05, 0.1) is 0 Å². The van der Waals surface area contributed by atoms with Gasteiger partial charge in [-0.15, -0.1) is 0 Å². The lowest BCUT2D eigenvalue weighted by Gasteiger charge is -2.35.